The first kappa shape index (κ1) is 12.6. The van der Waals surface area contributed by atoms with Crippen molar-refractivity contribution in [3.05, 3.63) is 11.7 Å². The lowest BCUT2D eigenvalue weighted by Gasteiger charge is -2.37. The summed E-state index contributed by atoms with van der Waals surface area (Å²) >= 11 is 0. The number of nitrogens with zero attached hydrogens (tertiary/aromatic N) is 2. The van der Waals surface area contributed by atoms with E-state index in [9.17, 15) is 5.11 Å². The molecule has 1 heterocycles. The third-order valence-electron chi connectivity index (χ3n) is 3.86. The van der Waals surface area contributed by atoms with Gasteiger partial charge >= 0.3 is 0 Å². The Morgan fingerprint density at radius 2 is 2.29 bits per heavy atom. The summed E-state index contributed by atoms with van der Waals surface area (Å²) in [6.07, 6.45) is 6.61. The van der Waals surface area contributed by atoms with Crippen LogP contribution < -0.4 is 0 Å². The molecule has 1 aliphatic rings. The van der Waals surface area contributed by atoms with Gasteiger partial charge in [0.2, 0.25) is 5.89 Å². The maximum atomic E-state index is 10.6. The second kappa shape index (κ2) is 5.17. The Labute approximate surface area is 102 Å². The first-order chi connectivity index (χ1) is 8.14. The minimum atomic E-state index is -0.645. The van der Waals surface area contributed by atoms with E-state index in [1.807, 2.05) is 0 Å². The molecule has 17 heavy (non-hydrogen) atoms. The van der Waals surface area contributed by atoms with Gasteiger partial charge in [0.25, 0.3) is 0 Å². The van der Waals surface area contributed by atoms with Crippen molar-refractivity contribution in [2.45, 2.75) is 64.4 Å². The lowest BCUT2D eigenvalue weighted by atomic mass is 9.74. The first-order valence-corrected chi connectivity index (χ1v) is 6.68. The normalized spacial score (nSPS) is 29.5. The van der Waals surface area contributed by atoms with E-state index in [2.05, 4.69) is 24.0 Å². The first-order valence-electron chi connectivity index (χ1n) is 6.68. The molecule has 1 N–H and O–H groups in total. The van der Waals surface area contributed by atoms with E-state index in [-0.39, 0.29) is 0 Å². The van der Waals surface area contributed by atoms with Crippen LogP contribution in [0.15, 0.2) is 4.52 Å². The maximum Gasteiger partial charge on any atom is 0.229 e. The van der Waals surface area contributed by atoms with E-state index in [0.717, 1.165) is 37.9 Å². The fourth-order valence-corrected chi connectivity index (χ4v) is 2.61. The van der Waals surface area contributed by atoms with Crippen LogP contribution in [0.1, 0.15) is 57.7 Å². The summed E-state index contributed by atoms with van der Waals surface area (Å²) in [5.74, 6) is 1.66. The molecule has 1 aromatic heterocycles. The molecule has 0 bridgehead atoms. The Morgan fingerprint density at radius 3 is 3.00 bits per heavy atom. The minimum absolute atomic E-state index is 0.317. The van der Waals surface area contributed by atoms with Gasteiger partial charge in [0.05, 0.1) is 12.0 Å². The number of rotatable bonds is 4. The van der Waals surface area contributed by atoms with Crippen LogP contribution in [-0.4, -0.2) is 20.8 Å². The van der Waals surface area contributed by atoms with Gasteiger partial charge in [-0.05, 0) is 25.2 Å². The molecule has 1 aliphatic carbocycles. The van der Waals surface area contributed by atoms with E-state index in [1.54, 1.807) is 0 Å². The van der Waals surface area contributed by atoms with Crippen molar-refractivity contribution in [3.63, 3.8) is 0 Å². The molecule has 1 fully saturated rings. The number of aliphatic hydroxyl groups is 1. The van der Waals surface area contributed by atoms with Crippen LogP contribution in [0.4, 0.5) is 0 Å². The summed E-state index contributed by atoms with van der Waals surface area (Å²) in [7, 11) is 0. The zero-order valence-electron chi connectivity index (χ0n) is 10.8. The molecule has 0 amide bonds. The molecule has 96 valence electrons. The summed E-state index contributed by atoms with van der Waals surface area (Å²) in [6, 6.07) is 0. The molecular formula is C13H22N2O2. The molecule has 1 saturated carbocycles. The molecular weight excluding hydrogens is 216 g/mol. The van der Waals surface area contributed by atoms with Crippen molar-refractivity contribution in [1.82, 2.24) is 10.1 Å². The van der Waals surface area contributed by atoms with Gasteiger partial charge in [-0.15, -0.1) is 0 Å². The van der Waals surface area contributed by atoms with Crippen molar-refractivity contribution in [2.24, 2.45) is 5.92 Å². The molecule has 0 radical (unpaired) electrons. The molecule has 4 nitrogen and oxygen atoms in total. The van der Waals surface area contributed by atoms with Crippen LogP contribution >= 0.6 is 0 Å². The second-order valence-corrected chi connectivity index (χ2v) is 5.28. The molecule has 2 unspecified atom stereocenters. The topological polar surface area (TPSA) is 59.2 Å². The van der Waals surface area contributed by atoms with Gasteiger partial charge in [-0.3, -0.25) is 0 Å². The molecule has 0 saturated heterocycles. The molecule has 0 aliphatic heterocycles. The summed E-state index contributed by atoms with van der Waals surface area (Å²) in [5, 5.41) is 14.5. The van der Waals surface area contributed by atoms with Gasteiger partial charge < -0.3 is 9.63 Å². The van der Waals surface area contributed by atoms with Crippen LogP contribution in [0.25, 0.3) is 0 Å². The fourth-order valence-electron chi connectivity index (χ4n) is 2.61. The summed E-state index contributed by atoms with van der Waals surface area (Å²) in [5.41, 5.74) is -0.645. The molecule has 1 aromatic rings. The monoisotopic (exact) mass is 238 g/mol. The van der Waals surface area contributed by atoms with E-state index in [0.29, 0.717) is 18.2 Å². The highest BCUT2D eigenvalue weighted by Gasteiger charge is 2.37. The highest BCUT2D eigenvalue weighted by molar-refractivity contribution is 4.97. The summed E-state index contributed by atoms with van der Waals surface area (Å²) in [6.45, 7) is 4.20. The fraction of sp³-hybridized carbons (Fsp3) is 0.846. The van der Waals surface area contributed by atoms with Crippen LogP contribution in [0.5, 0.6) is 0 Å². The van der Waals surface area contributed by atoms with Gasteiger partial charge in [-0.2, -0.15) is 4.98 Å². The van der Waals surface area contributed by atoms with E-state index >= 15 is 0 Å². The Hall–Kier alpha value is -0.900. The smallest absolute Gasteiger partial charge is 0.229 e. The molecule has 2 rings (SSSR count). The number of hydrogen-bond donors (Lipinski definition) is 1. The van der Waals surface area contributed by atoms with Gasteiger partial charge in [-0.1, -0.05) is 31.8 Å². The summed E-state index contributed by atoms with van der Waals surface area (Å²) in [4.78, 5) is 4.34. The van der Waals surface area contributed by atoms with Gasteiger partial charge in [0.15, 0.2) is 5.82 Å². The van der Waals surface area contributed by atoms with E-state index in [4.69, 9.17) is 4.52 Å². The van der Waals surface area contributed by atoms with Crippen LogP contribution in [0.3, 0.4) is 0 Å². The summed E-state index contributed by atoms with van der Waals surface area (Å²) < 4.78 is 5.21. The SMILES string of the molecule is CCCc1noc(CC2(O)CCCCC2C)n1. The van der Waals surface area contributed by atoms with Crippen molar-refractivity contribution in [3.8, 4) is 0 Å². The Balaban J connectivity index is 2.02. The predicted molar refractivity (Wildman–Crippen MR) is 64.6 cm³/mol. The van der Waals surface area contributed by atoms with Crippen molar-refractivity contribution < 1.29 is 9.63 Å². The highest BCUT2D eigenvalue weighted by atomic mass is 16.5. The zero-order valence-corrected chi connectivity index (χ0v) is 10.8. The van der Waals surface area contributed by atoms with Crippen LogP contribution in [0.2, 0.25) is 0 Å². The van der Waals surface area contributed by atoms with E-state index < -0.39 is 5.60 Å². The van der Waals surface area contributed by atoms with Crippen molar-refractivity contribution in [2.75, 3.05) is 0 Å². The van der Waals surface area contributed by atoms with E-state index in [1.165, 1.54) is 6.42 Å². The van der Waals surface area contributed by atoms with Gasteiger partial charge in [-0.25, -0.2) is 0 Å². The Morgan fingerprint density at radius 1 is 1.47 bits per heavy atom. The average Bonchev–Trinajstić information content (AvgIpc) is 2.71. The standard InChI is InChI=1S/C13H22N2O2/c1-3-6-11-14-12(17-15-11)9-13(16)8-5-4-7-10(13)2/h10,16H,3-9H2,1-2H3. The molecule has 4 heteroatoms. The second-order valence-electron chi connectivity index (χ2n) is 5.28. The van der Waals surface area contributed by atoms with Gasteiger partial charge in [0, 0.05) is 6.42 Å². The number of aromatic nitrogens is 2. The highest BCUT2D eigenvalue weighted by Crippen LogP contribution is 2.35. The molecule has 2 atom stereocenters. The maximum absolute atomic E-state index is 10.6. The van der Waals surface area contributed by atoms with Gasteiger partial charge in [0.1, 0.15) is 0 Å². The Kier molecular flexibility index (Phi) is 3.82. The van der Waals surface area contributed by atoms with Crippen molar-refractivity contribution in [1.29, 1.82) is 0 Å². The molecule has 0 aromatic carbocycles. The quantitative estimate of drug-likeness (QED) is 0.875. The average molecular weight is 238 g/mol. The lowest BCUT2D eigenvalue weighted by Crippen LogP contribution is -2.41. The van der Waals surface area contributed by atoms with Crippen LogP contribution in [0, 0.1) is 5.92 Å². The number of hydrogen-bond acceptors (Lipinski definition) is 4. The largest absolute Gasteiger partial charge is 0.389 e. The van der Waals surface area contributed by atoms with Crippen molar-refractivity contribution >= 4 is 0 Å². The molecule has 0 spiro atoms. The zero-order chi connectivity index (χ0) is 12.3. The van der Waals surface area contributed by atoms with Crippen LogP contribution in [-0.2, 0) is 12.8 Å². The Bertz CT molecular complexity index is 364. The minimum Gasteiger partial charge on any atom is -0.389 e. The lowest BCUT2D eigenvalue weighted by molar-refractivity contribution is -0.0456. The predicted octanol–water partition coefficient (Wildman–Crippen LogP) is 2.51. The third-order valence-corrected chi connectivity index (χ3v) is 3.86. The third kappa shape index (κ3) is 2.86. The number of aryl methyl sites for hydroxylation is 1.